The van der Waals surface area contributed by atoms with Crippen LogP contribution in [0.1, 0.15) is 11.3 Å². The maximum atomic E-state index is 13.5. The monoisotopic (exact) mass is 273 g/mol. The summed E-state index contributed by atoms with van der Waals surface area (Å²) in [4.78, 5) is 0. The van der Waals surface area contributed by atoms with E-state index in [-0.39, 0.29) is 0 Å². The fraction of sp³-hybridized carbons (Fsp3) is 0.231. The summed E-state index contributed by atoms with van der Waals surface area (Å²) in [5.41, 5.74) is -0.346. The highest BCUT2D eigenvalue weighted by atomic mass is 19.4. The third-order valence-corrected chi connectivity index (χ3v) is 2.67. The number of halogens is 4. The van der Waals surface area contributed by atoms with Gasteiger partial charge in [-0.2, -0.15) is 13.2 Å². The molecule has 2 aromatic rings. The Balaban J connectivity index is 2.42. The van der Waals surface area contributed by atoms with Crippen LogP contribution in [0, 0.1) is 5.82 Å². The third-order valence-electron chi connectivity index (χ3n) is 2.67. The molecule has 102 valence electrons. The highest BCUT2D eigenvalue weighted by Gasteiger charge is 2.34. The quantitative estimate of drug-likeness (QED) is 0.860. The van der Waals surface area contributed by atoms with Gasteiger partial charge in [0.2, 0.25) is 0 Å². The smallest absolute Gasteiger partial charge is 0.419 e. The van der Waals surface area contributed by atoms with Gasteiger partial charge in [0.25, 0.3) is 0 Å². The summed E-state index contributed by atoms with van der Waals surface area (Å²) in [5.74, 6) is -0.747. The van der Waals surface area contributed by atoms with Crippen LogP contribution in [-0.2, 0) is 12.7 Å². The molecule has 19 heavy (non-hydrogen) atoms. The van der Waals surface area contributed by atoms with Crippen LogP contribution in [0.5, 0.6) is 0 Å². The SMILES string of the molecule is CNCc1occc1-c1ccc(C(F)(F)F)c(F)c1. The zero-order valence-electron chi connectivity index (χ0n) is 10.0. The lowest BCUT2D eigenvalue weighted by atomic mass is 10.0. The molecular formula is C13H11F4NO. The number of nitrogens with one attached hydrogen (secondary N) is 1. The van der Waals surface area contributed by atoms with Crippen LogP contribution < -0.4 is 5.32 Å². The summed E-state index contributed by atoms with van der Waals surface area (Å²) in [5, 5.41) is 2.86. The zero-order chi connectivity index (χ0) is 14.0. The van der Waals surface area contributed by atoms with Crippen LogP contribution in [0.15, 0.2) is 34.9 Å². The van der Waals surface area contributed by atoms with E-state index >= 15 is 0 Å². The summed E-state index contributed by atoms with van der Waals surface area (Å²) in [7, 11) is 1.71. The molecule has 1 heterocycles. The van der Waals surface area contributed by atoms with Crippen molar-refractivity contribution in [3.63, 3.8) is 0 Å². The number of benzene rings is 1. The largest absolute Gasteiger partial charge is 0.467 e. The maximum absolute atomic E-state index is 13.5. The van der Waals surface area contributed by atoms with Gasteiger partial charge >= 0.3 is 6.18 Å². The molecule has 0 aliphatic carbocycles. The molecule has 1 aromatic carbocycles. The van der Waals surface area contributed by atoms with Crippen molar-refractivity contribution in [3.05, 3.63) is 47.7 Å². The van der Waals surface area contributed by atoms with Gasteiger partial charge in [-0.1, -0.05) is 6.07 Å². The molecule has 2 rings (SSSR count). The van der Waals surface area contributed by atoms with E-state index in [9.17, 15) is 17.6 Å². The fourth-order valence-corrected chi connectivity index (χ4v) is 1.81. The standard InChI is InChI=1S/C13H11F4NO/c1-18-7-12-9(4-5-19-12)8-2-3-10(11(14)6-8)13(15,16)17/h2-6,18H,7H2,1H3. The van der Waals surface area contributed by atoms with E-state index in [1.807, 2.05) is 0 Å². The Bertz CT molecular complexity index is 574. The van der Waals surface area contributed by atoms with E-state index < -0.39 is 17.6 Å². The lowest BCUT2D eigenvalue weighted by Gasteiger charge is -2.09. The van der Waals surface area contributed by atoms with E-state index in [1.165, 1.54) is 12.3 Å². The maximum Gasteiger partial charge on any atom is 0.419 e. The van der Waals surface area contributed by atoms with E-state index in [4.69, 9.17) is 4.42 Å². The number of furan rings is 1. The Hall–Kier alpha value is -1.82. The molecule has 0 spiro atoms. The molecule has 0 amide bonds. The average Bonchev–Trinajstić information content (AvgIpc) is 2.76. The number of hydrogen-bond donors (Lipinski definition) is 1. The fourth-order valence-electron chi connectivity index (χ4n) is 1.81. The van der Waals surface area contributed by atoms with Crippen molar-refractivity contribution in [1.29, 1.82) is 0 Å². The number of rotatable bonds is 3. The van der Waals surface area contributed by atoms with E-state index in [0.29, 0.717) is 23.4 Å². The van der Waals surface area contributed by atoms with Crippen molar-refractivity contribution < 1.29 is 22.0 Å². The van der Waals surface area contributed by atoms with E-state index in [0.717, 1.165) is 12.1 Å². The summed E-state index contributed by atoms with van der Waals surface area (Å²) >= 11 is 0. The molecule has 0 atom stereocenters. The van der Waals surface area contributed by atoms with Gasteiger partial charge in [0.15, 0.2) is 0 Å². The molecule has 0 saturated carbocycles. The predicted octanol–water partition coefficient (Wildman–Crippen LogP) is 3.82. The van der Waals surface area contributed by atoms with Crippen LogP contribution in [0.2, 0.25) is 0 Å². The highest BCUT2D eigenvalue weighted by Crippen LogP contribution is 2.34. The lowest BCUT2D eigenvalue weighted by Crippen LogP contribution is -2.08. The van der Waals surface area contributed by atoms with Gasteiger partial charge in [-0.15, -0.1) is 0 Å². The molecule has 2 nitrogen and oxygen atoms in total. The molecule has 0 aliphatic rings. The normalized spacial score (nSPS) is 11.8. The predicted molar refractivity (Wildman–Crippen MR) is 61.9 cm³/mol. The first kappa shape index (κ1) is 13.6. The molecule has 0 fully saturated rings. The van der Waals surface area contributed by atoms with Crippen LogP contribution in [0.4, 0.5) is 17.6 Å². The summed E-state index contributed by atoms with van der Waals surface area (Å²) in [6.07, 6.45) is -3.27. The molecule has 1 N–H and O–H groups in total. The van der Waals surface area contributed by atoms with Gasteiger partial charge in [-0.25, -0.2) is 4.39 Å². The van der Waals surface area contributed by atoms with Crippen molar-refractivity contribution >= 4 is 0 Å². The Kier molecular flexibility index (Phi) is 3.61. The van der Waals surface area contributed by atoms with Crippen LogP contribution in [0.3, 0.4) is 0 Å². The Morgan fingerprint density at radius 3 is 2.53 bits per heavy atom. The Morgan fingerprint density at radius 2 is 1.95 bits per heavy atom. The highest BCUT2D eigenvalue weighted by molar-refractivity contribution is 5.66. The molecule has 0 unspecified atom stereocenters. The molecule has 0 bridgehead atoms. The minimum atomic E-state index is -4.69. The second-order valence-corrected chi connectivity index (χ2v) is 3.98. The topological polar surface area (TPSA) is 25.2 Å². The molecular weight excluding hydrogens is 262 g/mol. The van der Waals surface area contributed by atoms with Gasteiger partial charge < -0.3 is 9.73 Å². The second kappa shape index (κ2) is 5.05. The van der Waals surface area contributed by atoms with Crippen LogP contribution >= 0.6 is 0 Å². The second-order valence-electron chi connectivity index (χ2n) is 3.98. The lowest BCUT2D eigenvalue weighted by molar-refractivity contribution is -0.139. The van der Waals surface area contributed by atoms with Gasteiger partial charge in [-0.05, 0) is 30.8 Å². The minimum Gasteiger partial charge on any atom is -0.467 e. The van der Waals surface area contributed by atoms with Crippen molar-refractivity contribution in [2.75, 3.05) is 7.05 Å². The van der Waals surface area contributed by atoms with Gasteiger partial charge in [0, 0.05) is 5.56 Å². The molecule has 1 aromatic heterocycles. The third kappa shape index (κ3) is 2.78. The van der Waals surface area contributed by atoms with Crippen molar-refractivity contribution in [1.82, 2.24) is 5.32 Å². The first-order valence-corrected chi connectivity index (χ1v) is 5.51. The van der Waals surface area contributed by atoms with E-state index in [2.05, 4.69) is 5.32 Å². The average molecular weight is 273 g/mol. The van der Waals surface area contributed by atoms with E-state index in [1.54, 1.807) is 13.1 Å². The first-order valence-electron chi connectivity index (χ1n) is 5.51. The van der Waals surface area contributed by atoms with Crippen molar-refractivity contribution in [2.24, 2.45) is 0 Å². The number of alkyl halides is 3. The Morgan fingerprint density at radius 1 is 1.21 bits per heavy atom. The summed E-state index contributed by atoms with van der Waals surface area (Å²) < 4.78 is 56.0. The van der Waals surface area contributed by atoms with Crippen molar-refractivity contribution in [2.45, 2.75) is 12.7 Å². The first-order chi connectivity index (χ1) is 8.93. The van der Waals surface area contributed by atoms with Gasteiger partial charge in [0.1, 0.15) is 11.6 Å². The van der Waals surface area contributed by atoms with Crippen molar-refractivity contribution in [3.8, 4) is 11.1 Å². The zero-order valence-corrected chi connectivity index (χ0v) is 10.0. The molecule has 0 aliphatic heterocycles. The molecule has 0 saturated heterocycles. The van der Waals surface area contributed by atoms with Crippen LogP contribution in [-0.4, -0.2) is 7.05 Å². The number of hydrogen-bond acceptors (Lipinski definition) is 2. The molecule has 6 heteroatoms. The van der Waals surface area contributed by atoms with Crippen LogP contribution in [0.25, 0.3) is 11.1 Å². The summed E-state index contributed by atoms with van der Waals surface area (Å²) in [6, 6.07) is 4.43. The Labute approximate surface area is 107 Å². The summed E-state index contributed by atoms with van der Waals surface area (Å²) in [6.45, 7) is 0.408. The molecule has 0 radical (unpaired) electrons. The van der Waals surface area contributed by atoms with Gasteiger partial charge in [-0.3, -0.25) is 0 Å². The minimum absolute atomic E-state index is 0.351. The van der Waals surface area contributed by atoms with Gasteiger partial charge in [0.05, 0.1) is 18.4 Å².